The maximum Gasteiger partial charge on any atom is 0.238 e. The molecule has 0 radical (unpaired) electrons. The number of hydrogen-bond donors (Lipinski definition) is 2. The Kier molecular flexibility index (Phi) is 3.61. The number of aromatic nitrogens is 2. The Labute approximate surface area is 102 Å². The monoisotopic (exact) mass is 252 g/mol. The first kappa shape index (κ1) is 11.2. The highest BCUT2D eigenvalue weighted by Crippen LogP contribution is 2.27. The zero-order chi connectivity index (χ0) is 11.4. The number of halogens is 1. The highest BCUT2D eigenvalue weighted by Gasteiger charge is 2.01. The molecule has 0 saturated heterocycles. The van der Waals surface area contributed by atoms with E-state index in [1.54, 1.807) is 6.20 Å². The summed E-state index contributed by atoms with van der Waals surface area (Å²) in [4.78, 5) is 9.14. The number of nitrogens with one attached hydrogen (secondary N) is 1. The molecule has 0 spiro atoms. The van der Waals surface area contributed by atoms with Gasteiger partial charge >= 0.3 is 0 Å². The molecule has 0 aliphatic carbocycles. The summed E-state index contributed by atoms with van der Waals surface area (Å²) in [7, 11) is 0. The lowest BCUT2D eigenvalue weighted by Gasteiger charge is -2.02. The summed E-state index contributed by atoms with van der Waals surface area (Å²) in [6.07, 6.45) is 1.65. The van der Waals surface area contributed by atoms with Crippen molar-refractivity contribution in [1.82, 2.24) is 9.97 Å². The molecule has 0 atom stereocenters. The van der Waals surface area contributed by atoms with Crippen LogP contribution in [0.1, 0.15) is 0 Å². The predicted molar refractivity (Wildman–Crippen MR) is 65.4 cm³/mol. The van der Waals surface area contributed by atoms with Crippen LogP contribution in [0.3, 0.4) is 0 Å². The van der Waals surface area contributed by atoms with Gasteiger partial charge in [-0.15, -0.1) is 0 Å². The fourth-order valence-corrected chi connectivity index (χ4v) is 2.21. The minimum absolute atomic E-state index is 0.395. The van der Waals surface area contributed by atoms with Crippen LogP contribution in [0.5, 0.6) is 0 Å². The predicted octanol–water partition coefficient (Wildman–Crippen LogP) is 2.57. The maximum absolute atomic E-state index is 5.89. The lowest BCUT2D eigenvalue weighted by Crippen LogP contribution is -2.10. The molecule has 0 unspecified atom stereocenters. The van der Waals surface area contributed by atoms with Gasteiger partial charge in [0.1, 0.15) is 5.03 Å². The van der Waals surface area contributed by atoms with Gasteiger partial charge in [0.25, 0.3) is 0 Å². The molecule has 1 heterocycles. The van der Waals surface area contributed by atoms with Crippen molar-refractivity contribution in [1.29, 1.82) is 0 Å². The van der Waals surface area contributed by atoms with Gasteiger partial charge in [0.2, 0.25) is 5.95 Å². The van der Waals surface area contributed by atoms with E-state index in [-0.39, 0.29) is 0 Å². The highest BCUT2D eigenvalue weighted by molar-refractivity contribution is 7.99. The molecule has 0 bridgehead atoms. The Balaban J connectivity index is 2.20. The number of hydrogen-bond acceptors (Lipinski definition) is 5. The highest BCUT2D eigenvalue weighted by atomic mass is 35.5. The smallest absolute Gasteiger partial charge is 0.238 e. The van der Waals surface area contributed by atoms with Crippen LogP contribution in [0.15, 0.2) is 46.5 Å². The first-order valence-electron chi connectivity index (χ1n) is 4.51. The van der Waals surface area contributed by atoms with Crippen molar-refractivity contribution in [3.63, 3.8) is 0 Å². The van der Waals surface area contributed by atoms with Gasteiger partial charge in [-0.3, -0.25) is 5.43 Å². The standard InChI is InChI=1S/C10H9ClN4S/c11-7-2-1-3-8(6-7)16-9-4-5-13-10(14-9)15-12/h1-6H,12H2,(H,13,14,15). The Morgan fingerprint density at radius 2 is 2.19 bits per heavy atom. The van der Waals surface area contributed by atoms with Gasteiger partial charge in [0, 0.05) is 16.1 Å². The van der Waals surface area contributed by atoms with E-state index in [0.29, 0.717) is 11.0 Å². The van der Waals surface area contributed by atoms with Gasteiger partial charge in [-0.1, -0.05) is 29.4 Å². The van der Waals surface area contributed by atoms with Gasteiger partial charge < -0.3 is 0 Å². The summed E-state index contributed by atoms with van der Waals surface area (Å²) < 4.78 is 0. The average Bonchev–Trinajstić information content (AvgIpc) is 2.29. The quantitative estimate of drug-likeness (QED) is 0.499. The molecule has 0 saturated carbocycles. The van der Waals surface area contributed by atoms with Crippen LogP contribution in [0.25, 0.3) is 0 Å². The van der Waals surface area contributed by atoms with E-state index in [9.17, 15) is 0 Å². The Bertz CT molecular complexity index is 492. The largest absolute Gasteiger partial charge is 0.292 e. The topological polar surface area (TPSA) is 63.8 Å². The number of hydrazine groups is 1. The third-order valence-electron chi connectivity index (χ3n) is 1.78. The molecule has 0 amide bonds. The number of rotatable bonds is 3. The van der Waals surface area contributed by atoms with E-state index in [1.165, 1.54) is 11.8 Å². The number of anilines is 1. The van der Waals surface area contributed by atoms with Crippen molar-refractivity contribution in [3.05, 3.63) is 41.6 Å². The Morgan fingerprint density at radius 3 is 2.94 bits per heavy atom. The third kappa shape index (κ3) is 2.85. The van der Waals surface area contributed by atoms with E-state index >= 15 is 0 Å². The lowest BCUT2D eigenvalue weighted by atomic mass is 10.4. The molecule has 2 aromatic rings. The molecule has 82 valence electrons. The first-order valence-corrected chi connectivity index (χ1v) is 5.70. The number of nitrogens with zero attached hydrogens (tertiary/aromatic N) is 2. The summed E-state index contributed by atoms with van der Waals surface area (Å²) in [6.45, 7) is 0. The fraction of sp³-hybridized carbons (Fsp3) is 0. The second-order valence-electron chi connectivity index (χ2n) is 2.92. The van der Waals surface area contributed by atoms with E-state index in [2.05, 4.69) is 15.4 Å². The number of nitrogens with two attached hydrogens (primary N) is 1. The molecular weight excluding hydrogens is 244 g/mol. The van der Waals surface area contributed by atoms with Gasteiger partial charge in [-0.05, 0) is 24.3 Å². The molecule has 3 N–H and O–H groups in total. The van der Waals surface area contributed by atoms with Crippen molar-refractivity contribution in [2.24, 2.45) is 5.84 Å². The lowest BCUT2D eigenvalue weighted by molar-refractivity contribution is 1.03. The molecule has 1 aromatic carbocycles. The van der Waals surface area contributed by atoms with Crippen LogP contribution in [-0.2, 0) is 0 Å². The third-order valence-corrected chi connectivity index (χ3v) is 2.94. The van der Waals surface area contributed by atoms with Crippen molar-refractivity contribution in [3.8, 4) is 0 Å². The molecule has 2 rings (SSSR count). The Morgan fingerprint density at radius 1 is 1.31 bits per heavy atom. The minimum Gasteiger partial charge on any atom is -0.292 e. The SMILES string of the molecule is NNc1nccc(Sc2cccc(Cl)c2)n1. The molecule has 16 heavy (non-hydrogen) atoms. The maximum atomic E-state index is 5.89. The molecule has 0 aliphatic rings. The summed E-state index contributed by atoms with van der Waals surface area (Å²) >= 11 is 7.39. The van der Waals surface area contributed by atoms with Crippen LogP contribution in [0.2, 0.25) is 5.02 Å². The zero-order valence-electron chi connectivity index (χ0n) is 8.22. The van der Waals surface area contributed by atoms with E-state index in [4.69, 9.17) is 17.4 Å². The molecule has 4 nitrogen and oxygen atoms in total. The second-order valence-corrected chi connectivity index (χ2v) is 4.45. The fourth-order valence-electron chi connectivity index (χ4n) is 1.12. The van der Waals surface area contributed by atoms with Crippen molar-refractivity contribution >= 4 is 29.3 Å². The van der Waals surface area contributed by atoms with Crippen molar-refractivity contribution in [2.75, 3.05) is 5.43 Å². The molecule has 0 aliphatic heterocycles. The summed E-state index contributed by atoms with van der Waals surface area (Å²) in [6, 6.07) is 9.39. The van der Waals surface area contributed by atoms with Crippen LogP contribution in [0, 0.1) is 0 Å². The van der Waals surface area contributed by atoms with E-state index in [0.717, 1.165) is 9.92 Å². The Hall–Kier alpha value is -1.30. The van der Waals surface area contributed by atoms with Crippen LogP contribution >= 0.6 is 23.4 Å². The second kappa shape index (κ2) is 5.16. The average molecular weight is 253 g/mol. The molecule has 1 aromatic heterocycles. The number of benzene rings is 1. The van der Waals surface area contributed by atoms with Crippen molar-refractivity contribution < 1.29 is 0 Å². The van der Waals surface area contributed by atoms with E-state index in [1.807, 2.05) is 30.3 Å². The van der Waals surface area contributed by atoms with Crippen LogP contribution in [-0.4, -0.2) is 9.97 Å². The van der Waals surface area contributed by atoms with Crippen LogP contribution in [0.4, 0.5) is 5.95 Å². The normalized spacial score (nSPS) is 10.1. The summed E-state index contributed by atoms with van der Waals surface area (Å²) in [5, 5.41) is 1.52. The minimum atomic E-state index is 0.395. The molecule has 6 heteroatoms. The molecule has 0 fully saturated rings. The first-order chi connectivity index (χ1) is 7.78. The van der Waals surface area contributed by atoms with Gasteiger partial charge in [-0.2, -0.15) is 0 Å². The van der Waals surface area contributed by atoms with Crippen LogP contribution < -0.4 is 11.3 Å². The number of nitrogen functional groups attached to an aromatic ring is 1. The van der Waals surface area contributed by atoms with Gasteiger partial charge in [0.15, 0.2) is 0 Å². The van der Waals surface area contributed by atoms with Crippen molar-refractivity contribution in [2.45, 2.75) is 9.92 Å². The van der Waals surface area contributed by atoms with Gasteiger partial charge in [0.05, 0.1) is 0 Å². The molecular formula is C10H9ClN4S. The summed E-state index contributed by atoms with van der Waals surface area (Å²) in [5.41, 5.74) is 2.40. The zero-order valence-corrected chi connectivity index (χ0v) is 9.79. The van der Waals surface area contributed by atoms with E-state index < -0.39 is 0 Å². The van der Waals surface area contributed by atoms with Gasteiger partial charge in [-0.25, -0.2) is 15.8 Å². The summed E-state index contributed by atoms with van der Waals surface area (Å²) in [5.74, 6) is 5.63.